The van der Waals surface area contributed by atoms with Crippen molar-refractivity contribution >= 4 is 5.82 Å². The van der Waals surface area contributed by atoms with Crippen LogP contribution >= 0.6 is 0 Å². The molecule has 20 heavy (non-hydrogen) atoms. The molecule has 0 bridgehead atoms. The van der Waals surface area contributed by atoms with Crippen LogP contribution in [-0.2, 0) is 6.54 Å². The van der Waals surface area contributed by atoms with Crippen molar-refractivity contribution in [1.82, 2.24) is 14.8 Å². The van der Waals surface area contributed by atoms with Crippen LogP contribution < -0.4 is 11.3 Å². The average Bonchev–Trinajstić information content (AvgIpc) is 2.40. The number of nitrogens with one attached hydrogen (secondary N) is 1. The number of halogens is 3. The van der Waals surface area contributed by atoms with Gasteiger partial charge >= 0.3 is 6.18 Å². The number of aromatic nitrogens is 1. The third-order valence-corrected chi connectivity index (χ3v) is 3.25. The van der Waals surface area contributed by atoms with Crippen LogP contribution in [0.5, 0.6) is 0 Å². The minimum absolute atomic E-state index is 0.437. The zero-order valence-electron chi connectivity index (χ0n) is 11.0. The summed E-state index contributed by atoms with van der Waals surface area (Å²) in [7, 11) is 0. The zero-order valence-corrected chi connectivity index (χ0v) is 11.0. The van der Waals surface area contributed by atoms with Gasteiger partial charge in [0.15, 0.2) is 0 Å². The lowest BCUT2D eigenvalue weighted by molar-refractivity contribution is -0.149. The van der Waals surface area contributed by atoms with E-state index in [1.165, 1.54) is 4.90 Å². The second-order valence-corrected chi connectivity index (χ2v) is 4.86. The summed E-state index contributed by atoms with van der Waals surface area (Å²) in [5.74, 6) is 5.87. The third kappa shape index (κ3) is 4.62. The number of piperazine rings is 1. The fraction of sp³-hybridized carbons (Fsp3) is 0.583. The number of rotatable bonds is 4. The van der Waals surface area contributed by atoms with Crippen molar-refractivity contribution in [2.75, 3.05) is 38.1 Å². The van der Waals surface area contributed by atoms with Crippen molar-refractivity contribution in [3.8, 4) is 0 Å². The molecule has 0 aliphatic carbocycles. The topological polar surface area (TPSA) is 57.4 Å². The van der Waals surface area contributed by atoms with Gasteiger partial charge in [0.05, 0.1) is 6.54 Å². The van der Waals surface area contributed by atoms with E-state index in [0.29, 0.717) is 38.5 Å². The minimum atomic E-state index is -4.12. The first-order valence-electron chi connectivity index (χ1n) is 6.39. The van der Waals surface area contributed by atoms with Gasteiger partial charge in [-0.25, -0.2) is 10.8 Å². The lowest BCUT2D eigenvalue weighted by atomic mass is 10.2. The second-order valence-electron chi connectivity index (χ2n) is 4.86. The summed E-state index contributed by atoms with van der Waals surface area (Å²) in [6.45, 7) is 2.00. The number of nitrogens with two attached hydrogens (primary N) is 1. The molecule has 0 aromatic carbocycles. The van der Waals surface area contributed by atoms with Crippen molar-refractivity contribution in [1.29, 1.82) is 0 Å². The Kier molecular flexibility index (Phi) is 4.79. The summed E-state index contributed by atoms with van der Waals surface area (Å²) in [5, 5.41) is 0. The van der Waals surface area contributed by atoms with Gasteiger partial charge in [0.25, 0.3) is 0 Å². The molecule has 1 fully saturated rings. The maximum Gasteiger partial charge on any atom is 0.401 e. The normalized spacial score (nSPS) is 18.2. The third-order valence-electron chi connectivity index (χ3n) is 3.25. The monoisotopic (exact) mass is 289 g/mol. The molecule has 112 valence electrons. The highest BCUT2D eigenvalue weighted by atomic mass is 19.4. The van der Waals surface area contributed by atoms with Gasteiger partial charge in [0, 0.05) is 38.9 Å². The summed E-state index contributed by atoms with van der Waals surface area (Å²) in [5.41, 5.74) is 3.51. The number of anilines is 1. The first-order chi connectivity index (χ1) is 9.46. The van der Waals surface area contributed by atoms with E-state index in [4.69, 9.17) is 5.84 Å². The van der Waals surface area contributed by atoms with Crippen LogP contribution in [0, 0.1) is 0 Å². The molecule has 0 spiro atoms. The summed E-state index contributed by atoms with van der Waals surface area (Å²) in [6, 6.07) is 3.71. The second kappa shape index (κ2) is 6.38. The van der Waals surface area contributed by atoms with Crippen LogP contribution in [0.3, 0.4) is 0 Å². The Labute approximate surface area is 115 Å². The molecule has 0 amide bonds. The zero-order chi connectivity index (χ0) is 14.6. The predicted octanol–water partition coefficient (Wildman–Crippen LogP) is 1.05. The van der Waals surface area contributed by atoms with Gasteiger partial charge < -0.3 is 5.43 Å². The van der Waals surface area contributed by atoms with Gasteiger partial charge in [0.1, 0.15) is 5.82 Å². The number of alkyl halides is 3. The quantitative estimate of drug-likeness (QED) is 0.641. The van der Waals surface area contributed by atoms with Crippen LogP contribution in [0.25, 0.3) is 0 Å². The Balaban J connectivity index is 1.82. The van der Waals surface area contributed by atoms with Gasteiger partial charge in [0.2, 0.25) is 0 Å². The van der Waals surface area contributed by atoms with Crippen LogP contribution in [0.4, 0.5) is 19.0 Å². The molecule has 3 N–H and O–H groups in total. The standard InChI is InChI=1S/C12H18F3N5/c13-12(14,15)9-20-5-3-19(4-6-20)8-10-1-2-17-11(7-10)18-16/h1-2,7H,3-6,8-9,16H2,(H,17,18). The fourth-order valence-corrected chi connectivity index (χ4v) is 2.27. The summed E-state index contributed by atoms with van der Waals surface area (Å²) in [4.78, 5) is 7.58. The Morgan fingerprint density at radius 2 is 1.85 bits per heavy atom. The smallest absolute Gasteiger partial charge is 0.308 e. The number of hydrogen-bond donors (Lipinski definition) is 2. The number of hydrogen-bond acceptors (Lipinski definition) is 5. The van der Waals surface area contributed by atoms with Crippen molar-refractivity contribution in [3.05, 3.63) is 23.9 Å². The van der Waals surface area contributed by atoms with Crippen LogP contribution in [-0.4, -0.2) is 53.7 Å². The van der Waals surface area contributed by atoms with E-state index < -0.39 is 12.7 Å². The van der Waals surface area contributed by atoms with Crippen LogP contribution in [0.15, 0.2) is 18.3 Å². The van der Waals surface area contributed by atoms with Crippen LogP contribution in [0.1, 0.15) is 5.56 Å². The summed E-state index contributed by atoms with van der Waals surface area (Å²) >= 11 is 0. The van der Waals surface area contributed by atoms with E-state index in [-0.39, 0.29) is 0 Å². The maximum absolute atomic E-state index is 12.3. The minimum Gasteiger partial charge on any atom is -0.308 e. The average molecular weight is 289 g/mol. The number of nitrogen functional groups attached to an aromatic ring is 1. The first kappa shape index (κ1) is 15.0. The van der Waals surface area contributed by atoms with Gasteiger partial charge in [-0.1, -0.05) is 0 Å². The van der Waals surface area contributed by atoms with Crippen molar-refractivity contribution in [3.63, 3.8) is 0 Å². The van der Waals surface area contributed by atoms with Gasteiger partial charge in [-0.3, -0.25) is 9.80 Å². The lowest BCUT2D eigenvalue weighted by Gasteiger charge is -2.35. The maximum atomic E-state index is 12.3. The molecule has 1 aliphatic rings. The van der Waals surface area contributed by atoms with Crippen molar-refractivity contribution in [2.45, 2.75) is 12.7 Å². The molecule has 2 rings (SSSR count). The Morgan fingerprint density at radius 1 is 1.20 bits per heavy atom. The SMILES string of the molecule is NNc1cc(CN2CCN(CC(F)(F)F)CC2)ccn1. The number of pyridine rings is 1. The van der Waals surface area contributed by atoms with E-state index in [1.54, 1.807) is 6.20 Å². The van der Waals surface area contributed by atoms with Crippen molar-refractivity contribution < 1.29 is 13.2 Å². The predicted molar refractivity (Wildman–Crippen MR) is 69.8 cm³/mol. The molecule has 1 aromatic heterocycles. The molecular weight excluding hydrogens is 271 g/mol. The van der Waals surface area contributed by atoms with Crippen molar-refractivity contribution in [2.24, 2.45) is 5.84 Å². The van der Waals surface area contributed by atoms with Gasteiger partial charge in [-0.2, -0.15) is 13.2 Å². The number of hydrazine groups is 1. The molecule has 0 unspecified atom stereocenters. The largest absolute Gasteiger partial charge is 0.401 e. The molecule has 5 nitrogen and oxygen atoms in total. The highest BCUT2D eigenvalue weighted by molar-refractivity contribution is 5.35. The van der Waals surface area contributed by atoms with E-state index in [0.717, 1.165) is 5.56 Å². The molecule has 1 saturated heterocycles. The van der Waals surface area contributed by atoms with E-state index in [1.807, 2.05) is 12.1 Å². The fourth-order valence-electron chi connectivity index (χ4n) is 2.27. The molecule has 0 saturated carbocycles. The van der Waals surface area contributed by atoms with E-state index in [2.05, 4.69) is 15.3 Å². The molecule has 2 heterocycles. The number of nitrogens with zero attached hydrogens (tertiary/aromatic N) is 3. The lowest BCUT2D eigenvalue weighted by Crippen LogP contribution is -2.48. The molecule has 1 aliphatic heterocycles. The Morgan fingerprint density at radius 3 is 2.45 bits per heavy atom. The Bertz CT molecular complexity index is 429. The first-order valence-corrected chi connectivity index (χ1v) is 6.39. The van der Waals surface area contributed by atoms with E-state index in [9.17, 15) is 13.2 Å². The highest BCUT2D eigenvalue weighted by Crippen LogP contribution is 2.18. The highest BCUT2D eigenvalue weighted by Gasteiger charge is 2.32. The van der Waals surface area contributed by atoms with E-state index >= 15 is 0 Å². The summed E-state index contributed by atoms with van der Waals surface area (Å²) < 4.78 is 36.9. The molecule has 0 atom stereocenters. The summed E-state index contributed by atoms with van der Waals surface area (Å²) in [6.07, 6.45) is -2.46. The van der Waals surface area contributed by atoms with Crippen LogP contribution in [0.2, 0.25) is 0 Å². The molecular formula is C12H18F3N5. The molecule has 0 radical (unpaired) electrons. The molecule has 1 aromatic rings. The van der Waals surface area contributed by atoms with Gasteiger partial charge in [-0.05, 0) is 17.7 Å². The Hall–Kier alpha value is -1.38. The van der Waals surface area contributed by atoms with Gasteiger partial charge in [-0.15, -0.1) is 0 Å². The molecule has 8 heteroatoms.